The smallest absolute Gasteiger partial charge is 0.0577 e. The summed E-state index contributed by atoms with van der Waals surface area (Å²) in [7, 11) is 0. The van der Waals surface area contributed by atoms with Crippen LogP contribution in [-0.2, 0) is 0 Å². The molecule has 0 aromatic carbocycles. The third-order valence-corrected chi connectivity index (χ3v) is 12.1. The van der Waals surface area contributed by atoms with Crippen molar-refractivity contribution in [2.75, 3.05) is 26.2 Å². The summed E-state index contributed by atoms with van der Waals surface area (Å²) in [5.74, 6) is 4.94. The van der Waals surface area contributed by atoms with Crippen molar-refractivity contribution in [1.29, 1.82) is 0 Å². The molecule has 0 saturated heterocycles. The normalized spacial score (nSPS) is 39.4. The lowest BCUT2D eigenvalue weighted by Gasteiger charge is -2.60. The maximum Gasteiger partial charge on any atom is 0.0577 e. The molecule has 0 bridgehead atoms. The molecule has 0 amide bonds. The van der Waals surface area contributed by atoms with E-state index in [1.54, 1.807) is 5.57 Å². The van der Waals surface area contributed by atoms with Gasteiger partial charge in [0.05, 0.1) is 6.10 Å². The fourth-order valence-electron chi connectivity index (χ4n) is 9.89. The van der Waals surface area contributed by atoms with Crippen molar-refractivity contribution < 1.29 is 5.11 Å². The first-order chi connectivity index (χ1) is 18.2. The van der Waals surface area contributed by atoms with E-state index < -0.39 is 0 Å². The molecule has 0 radical (unpaired) electrons. The van der Waals surface area contributed by atoms with E-state index in [-0.39, 0.29) is 6.10 Å². The molecule has 0 spiro atoms. The molecule has 38 heavy (non-hydrogen) atoms. The molecule has 3 saturated carbocycles. The fraction of sp³-hybridized carbons (Fsp3) is 0.941. The Labute approximate surface area is 235 Å². The summed E-state index contributed by atoms with van der Waals surface area (Å²) in [6.07, 6.45) is 18.9. The molecule has 0 aliphatic heterocycles. The molecule has 0 heterocycles. The predicted octanol–water partition coefficient (Wildman–Crippen LogP) is 6.68. The maximum atomic E-state index is 10.6. The zero-order valence-corrected chi connectivity index (χ0v) is 25.7. The monoisotopic (exact) mass is 529 g/mol. The van der Waals surface area contributed by atoms with Gasteiger partial charge in [0.1, 0.15) is 0 Å². The van der Waals surface area contributed by atoms with Gasteiger partial charge in [-0.25, -0.2) is 0 Å². The Balaban J connectivity index is 1.47. The first-order valence-corrected chi connectivity index (χ1v) is 16.7. The number of hydrogen-bond acceptors (Lipinski definition) is 4. The van der Waals surface area contributed by atoms with E-state index >= 15 is 0 Å². The van der Waals surface area contributed by atoms with Gasteiger partial charge in [0.2, 0.25) is 0 Å². The minimum absolute atomic E-state index is 0.138. The lowest BCUT2D eigenvalue weighted by atomic mass is 9.46. The zero-order chi connectivity index (χ0) is 27.3. The highest BCUT2D eigenvalue weighted by Crippen LogP contribution is 2.67. The minimum Gasteiger partial charge on any atom is -0.393 e. The van der Waals surface area contributed by atoms with Crippen LogP contribution >= 0.6 is 0 Å². The third-order valence-electron chi connectivity index (χ3n) is 12.1. The van der Waals surface area contributed by atoms with Crippen LogP contribution in [0.2, 0.25) is 0 Å². The highest BCUT2D eigenvalue weighted by Gasteiger charge is 2.61. The van der Waals surface area contributed by atoms with Gasteiger partial charge in [-0.15, -0.1) is 0 Å². The molecule has 5 N–H and O–H groups in total. The van der Waals surface area contributed by atoms with E-state index in [1.165, 1.54) is 64.2 Å². The first-order valence-electron chi connectivity index (χ1n) is 16.7. The molecule has 4 aliphatic carbocycles. The number of hydrogen-bond donors (Lipinski definition) is 4. The lowest BCUT2D eigenvalue weighted by Crippen LogP contribution is -2.58. The Bertz CT molecular complexity index is 767. The molecular formula is C34H63N3O. The van der Waals surface area contributed by atoms with Gasteiger partial charge in [-0.2, -0.15) is 0 Å². The number of rotatable bonds is 14. The van der Waals surface area contributed by atoms with Crippen molar-refractivity contribution in [3.05, 3.63) is 11.6 Å². The van der Waals surface area contributed by atoms with E-state index in [1.807, 2.05) is 0 Å². The number of aliphatic hydroxyl groups excluding tert-OH is 1. The average molecular weight is 530 g/mol. The molecule has 4 heteroatoms. The molecule has 4 rings (SSSR count). The summed E-state index contributed by atoms with van der Waals surface area (Å²) in [5.41, 5.74) is 8.01. The van der Waals surface area contributed by atoms with Gasteiger partial charge >= 0.3 is 0 Å². The maximum absolute atomic E-state index is 10.6. The van der Waals surface area contributed by atoms with Crippen molar-refractivity contribution in [3.8, 4) is 0 Å². The Morgan fingerprint density at radius 1 is 0.921 bits per heavy atom. The Hall–Kier alpha value is -0.420. The summed E-state index contributed by atoms with van der Waals surface area (Å²) >= 11 is 0. The number of nitrogens with two attached hydrogens (primary N) is 1. The van der Waals surface area contributed by atoms with Crippen LogP contribution in [0, 0.1) is 46.3 Å². The molecule has 0 aromatic heterocycles. The van der Waals surface area contributed by atoms with Gasteiger partial charge in [0.25, 0.3) is 0 Å². The van der Waals surface area contributed by atoms with Crippen molar-refractivity contribution in [2.45, 2.75) is 130 Å². The number of nitrogens with one attached hydrogen (secondary N) is 2. The van der Waals surface area contributed by atoms with E-state index in [9.17, 15) is 5.11 Å². The predicted molar refractivity (Wildman–Crippen MR) is 162 cm³/mol. The summed E-state index contributed by atoms with van der Waals surface area (Å²) in [5, 5.41) is 18.3. The van der Waals surface area contributed by atoms with Crippen LogP contribution < -0.4 is 16.4 Å². The minimum atomic E-state index is -0.138. The van der Waals surface area contributed by atoms with Gasteiger partial charge in [-0.05, 0) is 137 Å². The van der Waals surface area contributed by atoms with E-state index in [4.69, 9.17) is 5.73 Å². The number of unbranched alkanes of at least 4 members (excludes halogenated alkanes) is 1. The summed E-state index contributed by atoms with van der Waals surface area (Å²) in [4.78, 5) is 0. The van der Waals surface area contributed by atoms with Crippen molar-refractivity contribution >= 4 is 0 Å². The Morgan fingerprint density at radius 2 is 1.71 bits per heavy atom. The molecule has 0 aromatic rings. The van der Waals surface area contributed by atoms with Crippen LogP contribution in [0.4, 0.5) is 0 Å². The Kier molecular flexibility index (Phi) is 10.8. The van der Waals surface area contributed by atoms with Gasteiger partial charge in [0.15, 0.2) is 0 Å². The molecule has 4 aliphatic rings. The van der Waals surface area contributed by atoms with Crippen LogP contribution in [0.25, 0.3) is 0 Å². The standard InChI is InChI=1S/C34H63N3O/c1-24(2)10-8-11-25(3)28-12-13-29-32-30(15-17-34(28,29)5)33(4)16-14-27(38)22-26(33)23-31(32)37-21-9-20-36-19-7-6-18-35/h23-25,27-32,36-38H,6-22,35H2,1-5H3/t25-,27+,28-,29?,30?,31?,32?,33+,34-/m1/s1. The van der Waals surface area contributed by atoms with E-state index in [2.05, 4.69) is 51.3 Å². The average Bonchev–Trinajstić information content (AvgIpc) is 3.23. The molecular weight excluding hydrogens is 466 g/mol. The highest BCUT2D eigenvalue weighted by atomic mass is 16.3. The largest absolute Gasteiger partial charge is 0.393 e. The van der Waals surface area contributed by atoms with Crippen molar-refractivity contribution in [1.82, 2.24) is 10.6 Å². The van der Waals surface area contributed by atoms with Crippen LogP contribution in [0.3, 0.4) is 0 Å². The molecule has 220 valence electrons. The van der Waals surface area contributed by atoms with Crippen molar-refractivity contribution in [3.63, 3.8) is 0 Å². The highest BCUT2D eigenvalue weighted by molar-refractivity contribution is 5.29. The topological polar surface area (TPSA) is 70.3 Å². The van der Waals surface area contributed by atoms with Gasteiger partial charge < -0.3 is 21.5 Å². The molecule has 4 unspecified atom stereocenters. The second-order valence-corrected chi connectivity index (χ2v) is 14.9. The van der Waals surface area contributed by atoms with Gasteiger partial charge in [0, 0.05) is 6.04 Å². The Morgan fingerprint density at radius 3 is 2.47 bits per heavy atom. The quantitative estimate of drug-likeness (QED) is 0.150. The second kappa shape index (κ2) is 13.5. The van der Waals surface area contributed by atoms with Crippen LogP contribution in [0.1, 0.15) is 118 Å². The lowest BCUT2D eigenvalue weighted by molar-refractivity contribution is -0.0675. The van der Waals surface area contributed by atoms with E-state index in [0.29, 0.717) is 16.9 Å². The molecule has 3 fully saturated rings. The number of aliphatic hydroxyl groups is 1. The van der Waals surface area contributed by atoms with Crippen LogP contribution in [0.15, 0.2) is 11.6 Å². The van der Waals surface area contributed by atoms with E-state index in [0.717, 1.165) is 80.9 Å². The molecule has 4 nitrogen and oxygen atoms in total. The first kappa shape index (κ1) is 30.5. The van der Waals surface area contributed by atoms with Crippen LogP contribution in [0.5, 0.6) is 0 Å². The number of fused-ring (bicyclic) bond motifs is 5. The summed E-state index contributed by atoms with van der Waals surface area (Å²) in [6, 6.07) is 0.477. The fourth-order valence-corrected chi connectivity index (χ4v) is 9.89. The third kappa shape index (κ3) is 6.55. The summed E-state index contributed by atoms with van der Waals surface area (Å²) in [6.45, 7) is 16.7. The van der Waals surface area contributed by atoms with Gasteiger partial charge in [-0.1, -0.05) is 65.5 Å². The van der Waals surface area contributed by atoms with Crippen LogP contribution in [-0.4, -0.2) is 43.4 Å². The van der Waals surface area contributed by atoms with Crippen molar-refractivity contribution in [2.24, 2.45) is 52.1 Å². The molecule has 9 atom stereocenters. The van der Waals surface area contributed by atoms with Gasteiger partial charge in [-0.3, -0.25) is 0 Å². The SMILES string of the molecule is CC(C)CCC[C@@H](C)[C@H]1CCC2C3C(NCCCNCCCCN)C=C4C[C@@H](O)CC[C@]4(C)C3CC[C@@]21C. The summed E-state index contributed by atoms with van der Waals surface area (Å²) < 4.78 is 0. The zero-order valence-electron chi connectivity index (χ0n) is 25.7. The second-order valence-electron chi connectivity index (χ2n) is 14.9.